The number of hydrogen-bond donors (Lipinski definition) is 2. The number of aromatic nitrogens is 5. The standard InChI is InChI=1S/C23H24N8O5S/c1-24-22(33)14-5-6-17(19(10-14)36-3)28-23-27-11-15-9-16(13-32)31(20(15)29-23)12-18-21(26-8-7-25-18)30(2)37(4,34)35/h5-11,13H,12H2,1-4H3,(H,24,33)(H,27,28,29). The normalized spacial score (nSPS) is 11.2. The van der Waals surface area contributed by atoms with E-state index in [4.69, 9.17) is 4.74 Å². The van der Waals surface area contributed by atoms with E-state index in [1.807, 2.05) is 0 Å². The minimum atomic E-state index is -3.59. The van der Waals surface area contributed by atoms with Gasteiger partial charge in [-0.1, -0.05) is 0 Å². The van der Waals surface area contributed by atoms with Crippen molar-refractivity contribution >= 4 is 50.7 Å². The minimum absolute atomic E-state index is 0.0290. The molecule has 3 heterocycles. The maximum atomic E-state index is 12.1. The molecule has 0 radical (unpaired) electrons. The number of carbonyl (C=O) groups excluding carboxylic acids is 2. The van der Waals surface area contributed by atoms with E-state index < -0.39 is 10.0 Å². The van der Waals surface area contributed by atoms with E-state index in [2.05, 4.69) is 30.6 Å². The van der Waals surface area contributed by atoms with Crippen molar-refractivity contribution in [2.45, 2.75) is 6.54 Å². The number of methoxy groups -OCH3 is 1. The van der Waals surface area contributed by atoms with Crippen LogP contribution in [0.1, 0.15) is 26.5 Å². The van der Waals surface area contributed by atoms with Gasteiger partial charge in [-0.3, -0.25) is 18.9 Å². The topological polar surface area (TPSA) is 161 Å². The van der Waals surface area contributed by atoms with Crippen LogP contribution in [0.3, 0.4) is 0 Å². The summed E-state index contributed by atoms with van der Waals surface area (Å²) in [5.41, 5.74) is 1.99. The van der Waals surface area contributed by atoms with Crippen molar-refractivity contribution in [2.75, 3.05) is 37.1 Å². The van der Waals surface area contributed by atoms with Crippen LogP contribution in [0.2, 0.25) is 0 Å². The summed E-state index contributed by atoms with van der Waals surface area (Å²) >= 11 is 0. The van der Waals surface area contributed by atoms with Gasteiger partial charge in [-0.15, -0.1) is 0 Å². The van der Waals surface area contributed by atoms with Crippen LogP contribution in [-0.2, 0) is 16.6 Å². The second-order valence-electron chi connectivity index (χ2n) is 7.92. The maximum absolute atomic E-state index is 12.1. The summed E-state index contributed by atoms with van der Waals surface area (Å²) in [6.07, 6.45) is 6.12. The Bertz CT molecular complexity index is 1600. The van der Waals surface area contributed by atoms with E-state index in [1.54, 1.807) is 35.0 Å². The second kappa shape index (κ2) is 10.2. The Balaban J connectivity index is 1.74. The van der Waals surface area contributed by atoms with Crippen LogP contribution in [0.25, 0.3) is 11.0 Å². The SMILES string of the molecule is CNC(=O)c1ccc(Nc2ncc3cc(C=O)n(Cc4nccnc4N(C)S(C)(=O)=O)c3n2)c(OC)c1. The number of amides is 1. The number of nitrogens with one attached hydrogen (secondary N) is 2. The van der Waals surface area contributed by atoms with Crippen molar-refractivity contribution in [3.8, 4) is 5.75 Å². The summed E-state index contributed by atoms with van der Waals surface area (Å²) in [7, 11) is 0.801. The first-order chi connectivity index (χ1) is 17.7. The second-order valence-corrected chi connectivity index (χ2v) is 9.94. The van der Waals surface area contributed by atoms with Gasteiger partial charge in [0.1, 0.15) is 17.1 Å². The number of aldehydes is 1. The summed E-state index contributed by atoms with van der Waals surface area (Å²) < 4.78 is 32.2. The van der Waals surface area contributed by atoms with Crippen molar-refractivity contribution in [3.05, 3.63) is 59.8 Å². The number of ether oxygens (including phenoxy) is 1. The zero-order valence-electron chi connectivity index (χ0n) is 20.5. The molecule has 0 aliphatic carbocycles. The molecule has 0 saturated carbocycles. The molecule has 0 aliphatic heterocycles. The van der Waals surface area contributed by atoms with Gasteiger partial charge >= 0.3 is 0 Å². The van der Waals surface area contributed by atoms with Crippen LogP contribution in [0.4, 0.5) is 17.5 Å². The lowest BCUT2D eigenvalue weighted by molar-refractivity contribution is 0.0962. The van der Waals surface area contributed by atoms with E-state index in [-0.39, 0.29) is 24.2 Å². The first kappa shape index (κ1) is 25.5. The van der Waals surface area contributed by atoms with Crippen molar-refractivity contribution in [3.63, 3.8) is 0 Å². The Morgan fingerprint density at radius 3 is 2.62 bits per heavy atom. The Morgan fingerprint density at radius 1 is 1.19 bits per heavy atom. The van der Waals surface area contributed by atoms with Crippen molar-refractivity contribution < 1.29 is 22.7 Å². The third kappa shape index (κ3) is 5.18. The molecule has 37 heavy (non-hydrogen) atoms. The number of sulfonamides is 1. The molecular weight excluding hydrogens is 500 g/mol. The summed E-state index contributed by atoms with van der Waals surface area (Å²) in [5.74, 6) is 0.494. The van der Waals surface area contributed by atoms with Gasteiger partial charge < -0.3 is 19.9 Å². The number of hydrogen-bond acceptors (Lipinski definition) is 10. The van der Waals surface area contributed by atoms with Crippen LogP contribution in [-0.4, -0.2) is 72.6 Å². The summed E-state index contributed by atoms with van der Waals surface area (Å²) in [6, 6.07) is 6.50. The molecule has 0 fully saturated rings. The highest BCUT2D eigenvalue weighted by Crippen LogP contribution is 2.29. The van der Waals surface area contributed by atoms with Gasteiger partial charge in [0.15, 0.2) is 12.1 Å². The molecular formula is C23H24N8O5S. The summed E-state index contributed by atoms with van der Waals surface area (Å²) in [5, 5.41) is 6.22. The van der Waals surface area contributed by atoms with Gasteiger partial charge in [-0.2, -0.15) is 4.98 Å². The molecule has 0 aliphatic rings. The fourth-order valence-electron chi connectivity index (χ4n) is 3.63. The van der Waals surface area contributed by atoms with Crippen LogP contribution in [0.15, 0.2) is 42.9 Å². The lowest BCUT2D eigenvalue weighted by atomic mass is 10.1. The Kier molecular flexibility index (Phi) is 7.02. The van der Waals surface area contributed by atoms with Crippen molar-refractivity contribution in [1.29, 1.82) is 0 Å². The highest BCUT2D eigenvalue weighted by atomic mass is 32.2. The Hall–Kier alpha value is -4.59. The van der Waals surface area contributed by atoms with Crippen LogP contribution in [0, 0.1) is 0 Å². The highest BCUT2D eigenvalue weighted by molar-refractivity contribution is 7.92. The summed E-state index contributed by atoms with van der Waals surface area (Å²) in [4.78, 5) is 41.2. The quantitative estimate of drug-likeness (QED) is 0.308. The number of anilines is 3. The monoisotopic (exact) mass is 524 g/mol. The minimum Gasteiger partial charge on any atom is -0.495 e. The van der Waals surface area contributed by atoms with Crippen LogP contribution < -0.4 is 19.7 Å². The molecule has 0 bridgehead atoms. The third-order valence-corrected chi connectivity index (χ3v) is 6.75. The molecule has 13 nitrogen and oxygen atoms in total. The Morgan fingerprint density at radius 2 is 1.95 bits per heavy atom. The molecule has 2 N–H and O–H groups in total. The van der Waals surface area contributed by atoms with Crippen LogP contribution in [0.5, 0.6) is 5.75 Å². The van der Waals surface area contributed by atoms with Gasteiger partial charge in [0, 0.05) is 43.6 Å². The van der Waals surface area contributed by atoms with E-state index in [1.165, 1.54) is 33.6 Å². The van der Waals surface area contributed by atoms with Gasteiger partial charge in [0.05, 0.1) is 31.3 Å². The molecule has 0 saturated heterocycles. The lowest BCUT2D eigenvalue weighted by Crippen LogP contribution is -2.27. The first-order valence-corrected chi connectivity index (χ1v) is 12.7. The van der Waals surface area contributed by atoms with Gasteiger partial charge in [-0.25, -0.2) is 18.4 Å². The highest BCUT2D eigenvalue weighted by Gasteiger charge is 2.21. The maximum Gasteiger partial charge on any atom is 0.251 e. The number of benzene rings is 1. The van der Waals surface area contributed by atoms with E-state index in [0.717, 1.165) is 10.6 Å². The first-order valence-electron chi connectivity index (χ1n) is 10.9. The largest absolute Gasteiger partial charge is 0.495 e. The van der Waals surface area contributed by atoms with Gasteiger partial charge in [0.25, 0.3) is 5.91 Å². The predicted molar refractivity (Wildman–Crippen MR) is 137 cm³/mol. The smallest absolute Gasteiger partial charge is 0.251 e. The Labute approximate surface area is 212 Å². The zero-order chi connectivity index (χ0) is 26.7. The third-order valence-electron chi connectivity index (χ3n) is 5.58. The average molecular weight is 525 g/mol. The molecule has 3 aromatic heterocycles. The van der Waals surface area contributed by atoms with Crippen molar-refractivity contribution in [2.24, 2.45) is 0 Å². The molecule has 1 aromatic carbocycles. The van der Waals surface area contributed by atoms with Crippen LogP contribution >= 0.6 is 0 Å². The van der Waals surface area contributed by atoms with Gasteiger partial charge in [0.2, 0.25) is 16.0 Å². The number of carbonyl (C=O) groups is 2. The molecule has 1 amide bonds. The lowest BCUT2D eigenvalue weighted by Gasteiger charge is -2.18. The molecule has 4 aromatic rings. The molecule has 0 unspecified atom stereocenters. The van der Waals surface area contributed by atoms with E-state index in [9.17, 15) is 18.0 Å². The molecule has 14 heteroatoms. The summed E-state index contributed by atoms with van der Waals surface area (Å²) in [6.45, 7) is 0.0290. The fraction of sp³-hybridized carbons (Fsp3) is 0.217. The van der Waals surface area contributed by atoms with E-state index >= 15 is 0 Å². The predicted octanol–water partition coefficient (Wildman–Crippen LogP) is 1.59. The number of fused-ring (bicyclic) bond motifs is 1. The van der Waals surface area contributed by atoms with Gasteiger partial charge in [-0.05, 0) is 24.3 Å². The number of rotatable bonds is 9. The zero-order valence-corrected chi connectivity index (χ0v) is 21.3. The fourth-order valence-corrected chi connectivity index (χ4v) is 4.09. The molecule has 4 rings (SSSR count). The average Bonchev–Trinajstić information content (AvgIpc) is 3.24. The number of nitrogens with zero attached hydrogens (tertiary/aromatic N) is 6. The molecule has 0 spiro atoms. The van der Waals surface area contributed by atoms with Crippen molar-refractivity contribution in [1.82, 2.24) is 29.8 Å². The van der Waals surface area contributed by atoms with E-state index in [0.29, 0.717) is 45.7 Å². The molecule has 0 atom stereocenters. The molecule has 192 valence electrons.